The second-order valence-corrected chi connectivity index (χ2v) is 9.44. The number of alkyl carbamates (subject to hydrolysis) is 1. The van der Waals surface area contributed by atoms with Crippen LogP contribution in [0.1, 0.15) is 49.7 Å². The lowest BCUT2D eigenvalue weighted by molar-refractivity contribution is -0.149. The monoisotopic (exact) mass is 478 g/mol. The van der Waals surface area contributed by atoms with E-state index in [1.807, 2.05) is 31.2 Å². The molecule has 184 valence electrons. The van der Waals surface area contributed by atoms with Gasteiger partial charge < -0.3 is 24.8 Å². The molecule has 4 atom stereocenters. The van der Waals surface area contributed by atoms with Crippen LogP contribution in [0.4, 0.5) is 4.79 Å². The van der Waals surface area contributed by atoms with E-state index in [-0.39, 0.29) is 37.0 Å². The Bertz CT molecular complexity index is 1090. The standard InChI is InChI=1S/C27H30N2O6/c1-2-16(13-25(30)29-22-11-12-34-24(22)14-23(29)26(31)32)28-27(33)35-15-21-19-9-5-3-7-17(19)18-8-4-6-10-20(18)21/h3-10,16,21-24H,2,11-15H2,1H3,(H,28,33)(H,31,32)/t16?,22-,23?,24-/m0/s1. The minimum absolute atomic E-state index is 0.0215. The molecule has 3 aliphatic rings. The topological polar surface area (TPSA) is 105 Å². The molecule has 2 heterocycles. The van der Waals surface area contributed by atoms with E-state index in [1.165, 1.54) is 4.90 Å². The lowest BCUT2D eigenvalue weighted by atomic mass is 9.98. The maximum atomic E-state index is 13.1. The molecule has 0 bridgehead atoms. The lowest BCUT2D eigenvalue weighted by Gasteiger charge is -2.28. The van der Waals surface area contributed by atoms with Gasteiger partial charge in [-0.25, -0.2) is 9.59 Å². The van der Waals surface area contributed by atoms with Gasteiger partial charge in [0.25, 0.3) is 0 Å². The molecule has 0 spiro atoms. The molecule has 0 saturated carbocycles. The van der Waals surface area contributed by atoms with Gasteiger partial charge >= 0.3 is 12.1 Å². The Hall–Kier alpha value is -3.39. The summed E-state index contributed by atoms with van der Waals surface area (Å²) < 4.78 is 11.2. The summed E-state index contributed by atoms with van der Waals surface area (Å²) in [5.41, 5.74) is 4.57. The fourth-order valence-corrected chi connectivity index (χ4v) is 5.74. The number of ether oxygens (including phenoxy) is 2. The number of aliphatic carboxylic acids is 1. The third-order valence-corrected chi connectivity index (χ3v) is 7.48. The lowest BCUT2D eigenvalue weighted by Crippen LogP contribution is -2.48. The molecule has 2 saturated heterocycles. The number of hydrogen-bond donors (Lipinski definition) is 2. The number of nitrogens with one attached hydrogen (secondary N) is 1. The number of carboxylic acids is 1. The maximum Gasteiger partial charge on any atom is 0.407 e. The maximum absolute atomic E-state index is 13.1. The average Bonchev–Trinajstić information content (AvgIpc) is 3.54. The van der Waals surface area contributed by atoms with Gasteiger partial charge in [-0.05, 0) is 35.1 Å². The molecule has 2 aromatic carbocycles. The third kappa shape index (κ3) is 4.38. The van der Waals surface area contributed by atoms with Crippen molar-refractivity contribution in [3.05, 3.63) is 59.7 Å². The number of likely N-dealkylation sites (tertiary alicyclic amines) is 1. The second kappa shape index (κ2) is 9.70. The highest BCUT2D eigenvalue weighted by molar-refractivity contribution is 5.85. The minimum atomic E-state index is -1.02. The quantitative estimate of drug-likeness (QED) is 0.631. The van der Waals surface area contributed by atoms with Crippen LogP contribution in [0.25, 0.3) is 11.1 Å². The Morgan fingerprint density at radius 1 is 1.11 bits per heavy atom. The van der Waals surface area contributed by atoms with E-state index in [2.05, 4.69) is 29.6 Å². The Labute approximate surface area is 204 Å². The Morgan fingerprint density at radius 2 is 1.77 bits per heavy atom. The summed E-state index contributed by atoms with van der Waals surface area (Å²) in [6.07, 6.45) is 0.680. The van der Waals surface area contributed by atoms with Crippen molar-refractivity contribution in [1.29, 1.82) is 0 Å². The number of rotatable bonds is 7. The highest BCUT2D eigenvalue weighted by Crippen LogP contribution is 2.44. The predicted molar refractivity (Wildman–Crippen MR) is 128 cm³/mol. The van der Waals surface area contributed by atoms with Crippen LogP contribution < -0.4 is 5.32 Å². The summed E-state index contributed by atoms with van der Waals surface area (Å²) >= 11 is 0. The number of fused-ring (bicyclic) bond motifs is 4. The van der Waals surface area contributed by atoms with Gasteiger partial charge in [0, 0.05) is 31.4 Å². The van der Waals surface area contributed by atoms with Crippen molar-refractivity contribution >= 4 is 18.0 Å². The molecule has 8 nitrogen and oxygen atoms in total. The first-order chi connectivity index (χ1) is 17.0. The van der Waals surface area contributed by atoms with Crippen LogP contribution in [-0.2, 0) is 19.1 Å². The Kier molecular flexibility index (Phi) is 6.47. The van der Waals surface area contributed by atoms with Crippen molar-refractivity contribution in [2.24, 2.45) is 0 Å². The summed E-state index contributed by atoms with van der Waals surface area (Å²) in [6.45, 7) is 2.60. The molecule has 8 heteroatoms. The average molecular weight is 479 g/mol. The van der Waals surface area contributed by atoms with E-state index < -0.39 is 24.1 Å². The van der Waals surface area contributed by atoms with Gasteiger partial charge in [0.2, 0.25) is 5.91 Å². The summed E-state index contributed by atoms with van der Waals surface area (Å²) in [5, 5.41) is 12.4. The molecule has 1 aliphatic carbocycles. The Morgan fingerprint density at radius 3 is 2.40 bits per heavy atom. The largest absolute Gasteiger partial charge is 0.480 e. The fourth-order valence-electron chi connectivity index (χ4n) is 5.74. The molecular formula is C27H30N2O6. The first-order valence-corrected chi connectivity index (χ1v) is 12.2. The molecule has 2 fully saturated rings. The van der Waals surface area contributed by atoms with E-state index in [0.29, 0.717) is 25.9 Å². The number of carbonyl (C=O) groups excluding carboxylic acids is 2. The summed E-state index contributed by atoms with van der Waals surface area (Å²) in [4.78, 5) is 39.0. The predicted octanol–water partition coefficient (Wildman–Crippen LogP) is 3.54. The number of carboxylic acid groups (broad SMARTS) is 1. The highest BCUT2D eigenvalue weighted by atomic mass is 16.5. The second-order valence-electron chi connectivity index (χ2n) is 9.44. The fraction of sp³-hybridized carbons (Fsp3) is 0.444. The van der Waals surface area contributed by atoms with E-state index in [9.17, 15) is 19.5 Å². The number of benzene rings is 2. The third-order valence-electron chi connectivity index (χ3n) is 7.48. The number of hydrogen-bond acceptors (Lipinski definition) is 5. The molecule has 2 amide bonds. The van der Waals surface area contributed by atoms with Crippen LogP contribution in [0.15, 0.2) is 48.5 Å². The molecule has 2 N–H and O–H groups in total. The van der Waals surface area contributed by atoms with Crippen LogP contribution in [0.2, 0.25) is 0 Å². The molecular weight excluding hydrogens is 448 g/mol. The number of carbonyl (C=O) groups is 3. The van der Waals surface area contributed by atoms with Gasteiger partial charge in [0.1, 0.15) is 12.6 Å². The highest BCUT2D eigenvalue weighted by Gasteiger charge is 2.49. The Balaban J connectivity index is 1.20. The van der Waals surface area contributed by atoms with Crippen LogP contribution in [0, 0.1) is 0 Å². The molecule has 0 aromatic heterocycles. The van der Waals surface area contributed by atoms with Gasteiger partial charge in [-0.1, -0.05) is 55.5 Å². The first-order valence-electron chi connectivity index (χ1n) is 12.2. The summed E-state index contributed by atoms with van der Waals surface area (Å²) in [7, 11) is 0. The van der Waals surface area contributed by atoms with Crippen molar-refractivity contribution in [2.45, 2.75) is 62.8 Å². The minimum Gasteiger partial charge on any atom is -0.480 e. The number of amides is 2. The number of nitrogens with zero attached hydrogens (tertiary/aromatic N) is 1. The van der Waals surface area contributed by atoms with E-state index >= 15 is 0 Å². The zero-order valence-electron chi connectivity index (χ0n) is 19.7. The van der Waals surface area contributed by atoms with Crippen LogP contribution in [-0.4, -0.2) is 65.4 Å². The zero-order valence-corrected chi connectivity index (χ0v) is 19.7. The van der Waals surface area contributed by atoms with Crippen molar-refractivity contribution in [2.75, 3.05) is 13.2 Å². The van der Waals surface area contributed by atoms with E-state index in [4.69, 9.17) is 9.47 Å². The molecule has 2 aliphatic heterocycles. The van der Waals surface area contributed by atoms with E-state index in [0.717, 1.165) is 22.3 Å². The van der Waals surface area contributed by atoms with Crippen molar-refractivity contribution in [1.82, 2.24) is 10.2 Å². The smallest absolute Gasteiger partial charge is 0.407 e. The van der Waals surface area contributed by atoms with Crippen molar-refractivity contribution < 1.29 is 29.0 Å². The first kappa shape index (κ1) is 23.4. The summed E-state index contributed by atoms with van der Waals surface area (Å²) in [5.74, 6) is -1.34. The van der Waals surface area contributed by atoms with Gasteiger partial charge in [-0.3, -0.25) is 4.79 Å². The van der Waals surface area contributed by atoms with Crippen LogP contribution >= 0.6 is 0 Å². The molecule has 5 rings (SSSR count). The van der Waals surface area contributed by atoms with Gasteiger partial charge in [-0.2, -0.15) is 0 Å². The molecule has 2 unspecified atom stereocenters. The molecule has 35 heavy (non-hydrogen) atoms. The normalized spacial score (nSPS) is 23.3. The molecule has 2 aromatic rings. The van der Waals surface area contributed by atoms with E-state index in [1.54, 1.807) is 0 Å². The van der Waals surface area contributed by atoms with Gasteiger partial charge in [0.15, 0.2) is 0 Å². The SMILES string of the molecule is CCC(CC(=O)N1C(C(=O)O)C[C@@H]2OCC[C@@H]21)NC(=O)OCC1c2ccccc2-c2ccccc21. The summed E-state index contributed by atoms with van der Waals surface area (Å²) in [6, 6.07) is 14.7. The van der Waals surface area contributed by atoms with Crippen molar-refractivity contribution in [3.8, 4) is 11.1 Å². The zero-order chi connectivity index (χ0) is 24.5. The van der Waals surface area contributed by atoms with Crippen LogP contribution in [0.5, 0.6) is 0 Å². The molecule has 0 radical (unpaired) electrons. The van der Waals surface area contributed by atoms with Gasteiger partial charge in [0.05, 0.1) is 12.1 Å². The van der Waals surface area contributed by atoms with Gasteiger partial charge in [-0.15, -0.1) is 0 Å². The van der Waals surface area contributed by atoms with Crippen molar-refractivity contribution in [3.63, 3.8) is 0 Å². The van der Waals surface area contributed by atoms with Crippen LogP contribution in [0.3, 0.4) is 0 Å².